The average Bonchev–Trinajstić information content (AvgIpc) is 3.85. The van der Waals surface area contributed by atoms with Gasteiger partial charge in [0, 0.05) is 22.0 Å². The van der Waals surface area contributed by atoms with Gasteiger partial charge in [-0.2, -0.15) is 0 Å². The van der Waals surface area contributed by atoms with Crippen LogP contribution in [-0.4, -0.2) is 9.55 Å². The second-order valence-electron chi connectivity index (χ2n) is 17.5. The zero-order valence-corrected chi connectivity index (χ0v) is 35.2. The Labute approximate surface area is 363 Å². The van der Waals surface area contributed by atoms with Crippen LogP contribution in [0, 0.1) is 0 Å². The highest BCUT2D eigenvalue weighted by molar-refractivity contribution is 6.23. The molecule has 0 spiro atoms. The van der Waals surface area contributed by atoms with Gasteiger partial charge in [0.15, 0.2) is 0 Å². The standard InChI is InChI=1S/C60H46N2/c1-60(2,3)49-33-28-41(29-34-49)25-24-40-26-30-42(31-27-40)48-37-54(44-14-6-4-7-15-44)57-56(39-48)62(50-20-8-5-9-21-50)59-53-35-32-46(38-55(53)61-58(57)59)45-18-12-19-47(36-45)52-23-13-17-43-16-10-11-22-51(43)52/h4-39,61H,1-3H3/b25-24+. The summed E-state index contributed by atoms with van der Waals surface area (Å²) in [5.74, 6) is 0. The topological polar surface area (TPSA) is 20.7 Å². The molecule has 9 aromatic carbocycles. The van der Waals surface area contributed by atoms with E-state index in [4.69, 9.17) is 0 Å². The van der Waals surface area contributed by atoms with Gasteiger partial charge in [-0.25, -0.2) is 0 Å². The molecule has 1 N–H and O–H groups in total. The van der Waals surface area contributed by atoms with E-state index in [1.54, 1.807) is 0 Å². The Kier molecular flexibility index (Phi) is 9.09. The van der Waals surface area contributed by atoms with Crippen molar-refractivity contribution in [2.45, 2.75) is 26.2 Å². The number of nitrogens with one attached hydrogen (secondary N) is 1. The van der Waals surface area contributed by atoms with E-state index in [1.165, 1.54) is 93.8 Å². The van der Waals surface area contributed by atoms with E-state index in [-0.39, 0.29) is 5.41 Å². The predicted molar refractivity (Wildman–Crippen MR) is 266 cm³/mol. The molecular formula is C60H46N2. The van der Waals surface area contributed by atoms with Crippen LogP contribution in [0.5, 0.6) is 0 Å². The smallest absolute Gasteiger partial charge is 0.0798 e. The van der Waals surface area contributed by atoms with Crippen LogP contribution >= 0.6 is 0 Å². The van der Waals surface area contributed by atoms with E-state index in [1.807, 2.05) is 0 Å². The van der Waals surface area contributed by atoms with E-state index >= 15 is 0 Å². The van der Waals surface area contributed by atoms with E-state index < -0.39 is 0 Å². The summed E-state index contributed by atoms with van der Waals surface area (Å²) in [6.45, 7) is 6.77. The summed E-state index contributed by atoms with van der Waals surface area (Å²) < 4.78 is 2.46. The third-order valence-electron chi connectivity index (χ3n) is 12.5. The number of hydrogen-bond donors (Lipinski definition) is 1. The van der Waals surface area contributed by atoms with Crippen LogP contribution in [0.15, 0.2) is 206 Å². The van der Waals surface area contributed by atoms with Crippen LogP contribution in [0.4, 0.5) is 0 Å². The number of benzene rings is 9. The molecule has 0 saturated heterocycles. The molecule has 0 saturated carbocycles. The van der Waals surface area contributed by atoms with Gasteiger partial charge in [-0.3, -0.25) is 0 Å². The van der Waals surface area contributed by atoms with Gasteiger partial charge in [-0.1, -0.05) is 203 Å². The fourth-order valence-electron chi connectivity index (χ4n) is 9.24. The minimum Gasteiger partial charge on any atom is -0.353 e. The molecule has 11 aromatic rings. The number of para-hydroxylation sites is 1. The highest BCUT2D eigenvalue weighted by atomic mass is 15.0. The van der Waals surface area contributed by atoms with Crippen molar-refractivity contribution >= 4 is 55.8 Å². The molecule has 62 heavy (non-hydrogen) atoms. The summed E-state index contributed by atoms with van der Waals surface area (Å²) in [5.41, 5.74) is 19.2. The van der Waals surface area contributed by atoms with Gasteiger partial charge in [-0.05, 0) is 114 Å². The van der Waals surface area contributed by atoms with Crippen molar-refractivity contribution in [2.75, 3.05) is 0 Å². The Morgan fingerprint density at radius 3 is 1.81 bits per heavy atom. The summed E-state index contributed by atoms with van der Waals surface area (Å²) in [6.07, 6.45) is 4.41. The number of aromatic amines is 1. The Hall–Kier alpha value is -7.68. The molecule has 296 valence electrons. The first-order valence-electron chi connectivity index (χ1n) is 21.6. The summed E-state index contributed by atoms with van der Waals surface area (Å²) in [5, 5.41) is 4.93. The third-order valence-corrected chi connectivity index (χ3v) is 12.5. The lowest BCUT2D eigenvalue weighted by Gasteiger charge is -2.18. The molecule has 0 bridgehead atoms. The zero-order valence-electron chi connectivity index (χ0n) is 35.2. The van der Waals surface area contributed by atoms with Gasteiger partial charge in [0.05, 0.1) is 16.6 Å². The summed E-state index contributed by atoms with van der Waals surface area (Å²) >= 11 is 0. The first kappa shape index (κ1) is 37.3. The molecule has 0 radical (unpaired) electrons. The number of hydrogen-bond acceptors (Lipinski definition) is 0. The second kappa shape index (κ2) is 15.1. The molecule has 0 atom stereocenters. The molecule has 0 fully saturated rings. The number of H-pyrrole nitrogens is 1. The van der Waals surface area contributed by atoms with Crippen molar-refractivity contribution in [1.82, 2.24) is 9.55 Å². The SMILES string of the molecule is CC(C)(C)c1ccc(/C=C/c2ccc(-c3cc(-c4ccccc4)c4c5[nH]c6cc(-c7cccc(-c8cccc9ccccc89)c7)ccc6c5n(-c5ccccc5)c4c3)cc2)cc1. The van der Waals surface area contributed by atoms with Crippen LogP contribution in [0.1, 0.15) is 37.5 Å². The number of rotatable bonds is 7. The summed E-state index contributed by atoms with van der Waals surface area (Å²) in [4.78, 5) is 3.98. The monoisotopic (exact) mass is 794 g/mol. The fraction of sp³-hybridized carbons (Fsp3) is 0.0667. The minimum atomic E-state index is 0.142. The number of nitrogens with zero attached hydrogens (tertiary/aromatic N) is 1. The Morgan fingerprint density at radius 2 is 1.05 bits per heavy atom. The molecule has 2 heteroatoms. The molecule has 2 heterocycles. The lowest BCUT2D eigenvalue weighted by Crippen LogP contribution is -2.10. The Bertz CT molecular complexity index is 3440. The minimum absolute atomic E-state index is 0.142. The lowest BCUT2D eigenvalue weighted by atomic mass is 9.87. The van der Waals surface area contributed by atoms with Crippen molar-refractivity contribution in [2.24, 2.45) is 0 Å². The molecular weight excluding hydrogens is 749 g/mol. The van der Waals surface area contributed by atoms with Gasteiger partial charge < -0.3 is 9.55 Å². The zero-order chi connectivity index (χ0) is 41.8. The Balaban J connectivity index is 1.04. The highest BCUT2D eigenvalue weighted by Gasteiger charge is 2.22. The molecule has 0 aliphatic carbocycles. The second-order valence-corrected chi connectivity index (χ2v) is 17.5. The van der Waals surface area contributed by atoms with Gasteiger partial charge >= 0.3 is 0 Å². The maximum Gasteiger partial charge on any atom is 0.0798 e. The van der Waals surface area contributed by atoms with Crippen LogP contribution in [0.3, 0.4) is 0 Å². The van der Waals surface area contributed by atoms with E-state index in [0.717, 1.165) is 16.7 Å². The molecule has 2 aromatic heterocycles. The van der Waals surface area contributed by atoms with Crippen molar-refractivity contribution in [1.29, 1.82) is 0 Å². The van der Waals surface area contributed by atoms with Gasteiger partial charge in [-0.15, -0.1) is 0 Å². The molecule has 0 aliphatic rings. The molecule has 0 unspecified atom stereocenters. The van der Waals surface area contributed by atoms with Crippen molar-refractivity contribution in [3.8, 4) is 50.2 Å². The lowest BCUT2D eigenvalue weighted by molar-refractivity contribution is 0.590. The largest absolute Gasteiger partial charge is 0.353 e. The highest BCUT2D eigenvalue weighted by Crippen LogP contribution is 2.44. The predicted octanol–water partition coefficient (Wildman–Crippen LogP) is 16.6. The van der Waals surface area contributed by atoms with Crippen LogP contribution in [0.25, 0.3) is 106 Å². The molecule has 11 rings (SSSR count). The van der Waals surface area contributed by atoms with Crippen LogP contribution in [0.2, 0.25) is 0 Å². The molecule has 0 aliphatic heterocycles. The summed E-state index contributed by atoms with van der Waals surface area (Å²) in [7, 11) is 0. The summed E-state index contributed by atoms with van der Waals surface area (Å²) in [6, 6.07) is 75.4. The van der Waals surface area contributed by atoms with Crippen molar-refractivity contribution in [3.05, 3.63) is 223 Å². The number of fused-ring (bicyclic) bond motifs is 6. The normalized spacial score (nSPS) is 12.0. The van der Waals surface area contributed by atoms with Gasteiger partial charge in [0.1, 0.15) is 0 Å². The Morgan fingerprint density at radius 1 is 0.435 bits per heavy atom. The first-order chi connectivity index (χ1) is 30.4. The van der Waals surface area contributed by atoms with E-state index in [2.05, 4.69) is 249 Å². The average molecular weight is 795 g/mol. The van der Waals surface area contributed by atoms with Crippen LogP contribution < -0.4 is 0 Å². The van der Waals surface area contributed by atoms with Crippen LogP contribution in [-0.2, 0) is 5.41 Å². The number of aromatic nitrogens is 2. The quantitative estimate of drug-likeness (QED) is 0.155. The first-order valence-corrected chi connectivity index (χ1v) is 21.6. The maximum absolute atomic E-state index is 3.98. The fourth-order valence-corrected chi connectivity index (χ4v) is 9.24. The van der Waals surface area contributed by atoms with Crippen molar-refractivity contribution in [3.63, 3.8) is 0 Å². The molecule has 2 nitrogen and oxygen atoms in total. The third kappa shape index (κ3) is 6.71. The molecule has 0 amide bonds. The van der Waals surface area contributed by atoms with Gasteiger partial charge in [0.25, 0.3) is 0 Å². The maximum atomic E-state index is 3.98. The van der Waals surface area contributed by atoms with Gasteiger partial charge in [0.2, 0.25) is 0 Å². The van der Waals surface area contributed by atoms with E-state index in [9.17, 15) is 0 Å². The van der Waals surface area contributed by atoms with Crippen molar-refractivity contribution < 1.29 is 0 Å². The van der Waals surface area contributed by atoms with E-state index in [0.29, 0.717) is 0 Å².